The number of carbonyl (C=O) groups excluding carboxylic acids is 1. The molecular formula is C15H17ClN4OS. The summed E-state index contributed by atoms with van der Waals surface area (Å²) in [4.78, 5) is 22.7. The number of hydrogen-bond donors (Lipinski definition) is 1. The maximum Gasteiger partial charge on any atom is 0.231 e. The van der Waals surface area contributed by atoms with Gasteiger partial charge in [-0.2, -0.15) is 0 Å². The van der Waals surface area contributed by atoms with Gasteiger partial charge in [-0.05, 0) is 31.5 Å². The molecule has 5 nitrogen and oxygen atoms in total. The summed E-state index contributed by atoms with van der Waals surface area (Å²) in [5, 5.41) is 5.09. The molecule has 0 saturated carbocycles. The van der Waals surface area contributed by atoms with Crippen LogP contribution in [0, 0.1) is 5.92 Å². The average Bonchev–Trinajstić information content (AvgIpc) is 2.97. The summed E-state index contributed by atoms with van der Waals surface area (Å²) in [6.45, 7) is 1.72. The zero-order valence-corrected chi connectivity index (χ0v) is 13.8. The van der Waals surface area contributed by atoms with E-state index in [0.717, 1.165) is 36.5 Å². The number of aromatic nitrogens is 2. The Bertz CT molecular complexity index is 655. The lowest BCUT2D eigenvalue weighted by Crippen LogP contribution is -2.41. The van der Waals surface area contributed by atoms with Crippen molar-refractivity contribution in [2.24, 2.45) is 5.92 Å². The molecule has 7 heteroatoms. The first-order valence-electron chi connectivity index (χ1n) is 7.22. The normalized spacial score (nSPS) is 18.2. The first kappa shape index (κ1) is 15.4. The SMILES string of the molecule is CN(C(=O)C1CCCNC1)c1sc(-c2cccnc2)nc1Cl. The Balaban J connectivity index is 1.82. The van der Waals surface area contributed by atoms with Crippen LogP contribution in [0.25, 0.3) is 10.6 Å². The van der Waals surface area contributed by atoms with Crippen LogP contribution < -0.4 is 10.2 Å². The molecule has 1 aliphatic rings. The van der Waals surface area contributed by atoms with Crippen molar-refractivity contribution in [2.75, 3.05) is 25.0 Å². The fourth-order valence-electron chi connectivity index (χ4n) is 2.55. The van der Waals surface area contributed by atoms with Gasteiger partial charge in [-0.15, -0.1) is 0 Å². The Labute approximate surface area is 138 Å². The van der Waals surface area contributed by atoms with Gasteiger partial charge in [-0.1, -0.05) is 22.9 Å². The highest BCUT2D eigenvalue weighted by Crippen LogP contribution is 2.37. The van der Waals surface area contributed by atoms with Gasteiger partial charge in [-0.3, -0.25) is 9.78 Å². The van der Waals surface area contributed by atoms with E-state index in [1.165, 1.54) is 11.3 Å². The minimum absolute atomic E-state index is 0.0127. The quantitative estimate of drug-likeness (QED) is 0.936. The number of amides is 1. The van der Waals surface area contributed by atoms with Crippen molar-refractivity contribution < 1.29 is 4.79 Å². The molecule has 1 fully saturated rings. The van der Waals surface area contributed by atoms with Crippen molar-refractivity contribution in [1.29, 1.82) is 0 Å². The van der Waals surface area contributed by atoms with Gasteiger partial charge >= 0.3 is 0 Å². The number of nitrogens with zero attached hydrogens (tertiary/aromatic N) is 3. The van der Waals surface area contributed by atoms with Crippen molar-refractivity contribution in [3.8, 4) is 10.6 Å². The summed E-state index contributed by atoms with van der Waals surface area (Å²) in [6, 6.07) is 3.78. The Morgan fingerprint density at radius 3 is 3.09 bits per heavy atom. The second kappa shape index (κ2) is 6.73. The Morgan fingerprint density at radius 1 is 1.55 bits per heavy atom. The van der Waals surface area contributed by atoms with Crippen LogP contribution >= 0.6 is 22.9 Å². The van der Waals surface area contributed by atoms with Crippen LogP contribution in [0.1, 0.15) is 12.8 Å². The van der Waals surface area contributed by atoms with Crippen LogP contribution in [0.3, 0.4) is 0 Å². The van der Waals surface area contributed by atoms with Crippen molar-refractivity contribution in [3.63, 3.8) is 0 Å². The minimum Gasteiger partial charge on any atom is -0.316 e. The Hall–Kier alpha value is -1.50. The zero-order chi connectivity index (χ0) is 15.5. The summed E-state index contributed by atoms with van der Waals surface area (Å²) in [6.07, 6.45) is 5.40. The molecule has 1 atom stereocenters. The van der Waals surface area contributed by atoms with Crippen molar-refractivity contribution in [3.05, 3.63) is 29.7 Å². The summed E-state index contributed by atoms with van der Waals surface area (Å²) < 4.78 is 0. The number of rotatable bonds is 3. The smallest absolute Gasteiger partial charge is 0.231 e. The molecule has 3 heterocycles. The van der Waals surface area contributed by atoms with Crippen molar-refractivity contribution in [2.45, 2.75) is 12.8 Å². The molecule has 1 saturated heterocycles. The van der Waals surface area contributed by atoms with Crippen LogP contribution in [0.2, 0.25) is 5.15 Å². The van der Waals surface area contributed by atoms with Crippen LogP contribution in [-0.4, -0.2) is 36.0 Å². The topological polar surface area (TPSA) is 58.1 Å². The van der Waals surface area contributed by atoms with Crippen molar-refractivity contribution >= 4 is 33.8 Å². The van der Waals surface area contributed by atoms with Gasteiger partial charge in [0.25, 0.3) is 0 Å². The highest BCUT2D eigenvalue weighted by atomic mass is 35.5. The lowest BCUT2D eigenvalue weighted by molar-refractivity contribution is -0.122. The van der Waals surface area contributed by atoms with E-state index < -0.39 is 0 Å². The lowest BCUT2D eigenvalue weighted by Gasteiger charge is -2.26. The lowest BCUT2D eigenvalue weighted by atomic mass is 9.98. The third-order valence-electron chi connectivity index (χ3n) is 3.76. The summed E-state index contributed by atoms with van der Waals surface area (Å²) in [7, 11) is 1.77. The standard InChI is InChI=1S/C15H17ClN4OS/c1-20(14(21)11-5-3-7-18-9-11)15-12(16)19-13(22-15)10-4-2-6-17-8-10/h2,4,6,8,11,18H,3,5,7,9H2,1H3. The van der Waals surface area contributed by atoms with Gasteiger partial charge in [0.15, 0.2) is 5.15 Å². The van der Waals surface area contributed by atoms with Crippen LogP contribution in [0.4, 0.5) is 5.00 Å². The van der Waals surface area contributed by atoms with E-state index in [0.29, 0.717) is 10.2 Å². The second-order valence-electron chi connectivity index (χ2n) is 5.30. The second-order valence-corrected chi connectivity index (χ2v) is 6.63. The molecule has 0 aromatic carbocycles. The maximum absolute atomic E-state index is 12.6. The molecule has 2 aromatic rings. The van der Waals surface area contributed by atoms with Gasteiger partial charge in [0, 0.05) is 31.5 Å². The number of piperidine rings is 1. The van der Waals surface area contributed by atoms with E-state index in [-0.39, 0.29) is 11.8 Å². The number of thiazole rings is 1. The highest BCUT2D eigenvalue weighted by molar-refractivity contribution is 7.19. The summed E-state index contributed by atoms with van der Waals surface area (Å²) in [5.74, 6) is 0.106. The molecule has 22 heavy (non-hydrogen) atoms. The number of halogens is 1. The predicted octanol–water partition coefficient (Wildman–Crippen LogP) is 2.82. The molecule has 1 unspecified atom stereocenters. The molecule has 116 valence electrons. The van der Waals surface area contributed by atoms with E-state index >= 15 is 0 Å². The number of hydrogen-bond acceptors (Lipinski definition) is 5. The fourth-order valence-corrected chi connectivity index (χ4v) is 3.84. The van der Waals surface area contributed by atoms with Gasteiger partial charge in [-0.25, -0.2) is 4.98 Å². The largest absolute Gasteiger partial charge is 0.316 e. The molecule has 0 aliphatic carbocycles. The van der Waals surface area contributed by atoms with Gasteiger partial charge in [0.1, 0.15) is 10.0 Å². The van der Waals surface area contributed by atoms with Crippen LogP contribution in [0.15, 0.2) is 24.5 Å². The van der Waals surface area contributed by atoms with E-state index in [9.17, 15) is 4.79 Å². The molecule has 0 radical (unpaired) electrons. The van der Waals surface area contributed by atoms with E-state index in [1.807, 2.05) is 12.1 Å². The third-order valence-corrected chi connectivity index (χ3v) is 5.32. The van der Waals surface area contributed by atoms with Gasteiger partial charge < -0.3 is 10.2 Å². The molecule has 3 rings (SSSR count). The highest BCUT2D eigenvalue weighted by Gasteiger charge is 2.27. The van der Waals surface area contributed by atoms with Crippen LogP contribution in [0.5, 0.6) is 0 Å². The summed E-state index contributed by atoms with van der Waals surface area (Å²) >= 11 is 7.66. The maximum atomic E-state index is 12.6. The number of anilines is 1. The molecule has 1 aliphatic heterocycles. The Kier molecular flexibility index (Phi) is 4.71. The molecule has 1 N–H and O–H groups in total. The first-order chi connectivity index (χ1) is 10.7. The minimum atomic E-state index is 0.0127. The van der Waals surface area contributed by atoms with E-state index in [4.69, 9.17) is 11.6 Å². The van der Waals surface area contributed by atoms with Gasteiger partial charge in [0.05, 0.1) is 5.92 Å². The molecule has 1 amide bonds. The number of nitrogens with one attached hydrogen (secondary N) is 1. The van der Waals surface area contributed by atoms with Gasteiger partial charge in [0.2, 0.25) is 5.91 Å². The van der Waals surface area contributed by atoms with E-state index in [2.05, 4.69) is 15.3 Å². The van der Waals surface area contributed by atoms with E-state index in [1.54, 1.807) is 24.3 Å². The fraction of sp³-hybridized carbons (Fsp3) is 0.400. The third kappa shape index (κ3) is 3.14. The molecule has 2 aromatic heterocycles. The summed E-state index contributed by atoms with van der Waals surface area (Å²) in [5.41, 5.74) is 0.904. The molecule has 0 bridgehead atoms. The zero-order valence-electron chi connectivity index (χ0n) is 12.3. The first-order valence-corrected chi connectivity index (χ1v) is 8.41. The monoisotopic (exact) mass is 336 g/mol. The molecule has 0 spiro atoms. The molecular weight excluding hydrogens is 320 g/mol. The number of carbonyl (C=O) groups is 1. The predicted molar refractivity (Wildman–Crippen MR) is 89.4 cm³/mol. The Morgan fingerprint density at radius 2 is 2.41 bits per heavy atom. The number of pyridine rings is 1. The average molecular weight is 337 g/mol. The van der Waals surface area contributed by atoms with Crippen molar-refractivity contribution in [1.82, 2.24) is 15.3 Å². The van der Waals surface area contributed by atoms with Crippen LogP contribution in [-0.2, 0) is 4.79 Å².